The van der Waals surface area contributed by atoms with Crippen LogP contribution >= 0.6 is 0 Å². The maximum atomic E-state index is 12.3. The Hall–Kier alpha value is -0.346. The van der Waals surface area contributed by atoms with E-state index in [2.05, 4.69) is 19.9 Å². The van der Waals surface area contributed by atoms with E-state index in [0.717, 1.165) is 49.7 Å². The van der Waals surface area contributed by atoms with Crippen molar-refractivity contribution in [3.05, 3.63) is 54.5 Å². The molecule has 1 aromatic carbocycles. The number of carbonyl (C=O) groups excluding carboxylic acids is 1. The van der Waals surface area contributed by atoms with Crippen LogP contribution in [-0.4, -0.2) is 22.1 Å². The minimum atomic E-state index is -0.617. The second-order valence-corrected chi connectivity index (χ2v) is 7.40. The number of carbonyl (C=O) groups is 1. The fourth-order valence-corrected chi connectivity index (χ4v) is 3.86. The van der Waals surface area contributed by atoms with Crippen LogP contribution in [0, 0.1) is 12.8 Å². The number of unbranched alkanes of at least 4 members (excludes halogenated alkanes) is 3. The predicted molar refractivity (Wildman–Crippen MR) is 106 cm³/mol. The van der Waals surface area contributed by atoms with Gasteiger partial charge in [0.15, 0.2) is 0 Å². The molecule has 0 saturated heterocycles. The molecule has 147 valence electrons. The van der Waals surface area contributed by atoms with Gasteiger partial charge in [-0.3, -0.25) is 4.79 Å². The summed E-state index contributed by atoms with van der Waals surface area (Å²) < 4.78 is 0. The topological polar surface area (TPSA) is 57.5 Å². The minimum Gasteiger partial charge on any atom is -0.392 e. The third-order valence-corrected chi connectivity index (χ3v) is 5.39. The summed E-state index contributed by atoms with van der Waals surface area (Å²) in [7, 11) is 0. The van der Waals surface area contributed by atoms with Crippen molar-refractivity contribution in [1.29, 1.82) is 0 Å². The number of aliphatic hydroxyl groups excluding tert-OH is 2. The van der Waals surface area contributed by atoms with Crippen LogP contribution < -0.4 is 0 Å². The monoisotopic (exact) mass is 446 g/mol. The van der Waals surface area contributed by atoms with Gasteiger partial charge in [0.05, 0.1) is 12.2 Å². The first-order chi connectivity index (χ1) is 12.6. The summed E-state index contributed by atoms with van der Waals surface area (Å²) in [6, 6.07) is 7.82. The number of benzene rings is 1. The van der Waals surface area contributed by atoms with Gasteiger partial charge in [-0.25, -0.2) is 0 Å². The zero-order chi connectivity index (χ0) is 18.9. The van der Waals surface area contributed by atoms with Crippen LogP contribution in [-0.2, 0) is 37.5 Å². The molecule has 3 nitrogen and oxygen atoms in total. The van der Waals surface area contributed by atoms with E-state index < -0.39 is 12.2 Å². The Labute approximate surface area is 189 Å². The Bertz CT molecular complexity index is 582. The van der Waals surface area contributed by atoms with Crippen molar-refractivity contribution < 1.29 is 47.7 Å². The normalized spacial score (nSPS) is 23.6. The Kier molecular flexibility index (Phi) is 11.9. The summed E-state index contributed by atoms with van der Waals surface area (Å²) in [6.45, 7) is 5.96. The first kappa shape index (κ1) is 24.7. The van der Waals surface area contributed by atoms with Crippen LogP contribution in [0.4, 0.5) is 0 Å². The molecule has 1 fully saturated rings. The molecule has 1 aliphatic carbocycles. The second kappa shape index (κ2) is 13.0. The van der Waals surface area contributed by atoms with Gasteiger partial charge in [-0.15, -0.1) is 0 Å². The summed E-state index contributed by atoms with van der Waals surface area (Å²) >= 11 is 0. The number of Topliss-reactive ketones (excluding diaryl/α,β-unsaturated/α-hetero) is 1. The van der Waals surface area contributed by atoms with E-state index in [9.17, 15) is 15.0 Å². The number of rotatable bonds is 10. The van der Waals surface area contributed by atoms with Crippen molar-refractivity contribution in [2.24, 2.45) is 5.92 Å². The molecule has 0 aromatic heterocycles. The number of aliphatic hydroxyl groups is 2. The molecule has 1 aromatic rings. The van der Waals surface area contributed by atoms with Crippen molar-refractivity contribution in [3.63, 3.8) is 0 Å². The molecular formula is C23H33O3Y-. The number of hydrogen-bond acceptors (Lipinski definition) is 3. The molecule has 4 heteroatoms. The zero-order valence-electron chi connectivity index (χ0n) is 16.5. The van der Waals surface area contributed by atoms with Crippen LogP contribution in [0.1, 0.15) is 81.4 Å². The molecule has 1 unspecified atom stereocenters. The standard InChI is InChI=1S/C23H33O3.Y/c1-3-5-7-9-10-19-21(25)16-22(26)23(19)18-14-12-17(13-15-18)20(24)11-8-6-4-2;/h7,9,12-15,19-20,22-24,26H,1,3-6,8,10-11,16H2,2H3;/q-1;/t19-,20?,22+,23+;/m0./s1. The van der Waals surface area contributed by atoms with E-state index in [1.54, 1.807) is 0 Å². The minimum absolute atomic E-state index is 0. The van der Waals surface area contributed by atoms with E-state index >= 15 is 0 Å². The largest absolute Gasteiger partial charge is 0.392 e. The third-order valence-electron chi connectivity index (χ3n) is 5.39. The molecule has 0 bridgehead atoms. The molecule has 2 rings (SSSR count). The summed E-state index contributed by atoms with van der Waals surface area (Å²) in [6.07, 6.45) is 9.81. The van der Waals surface area contributed by atoms with Crippen molar-refractivity contribution in [1.82, 2.24) is 0 Å². The summed E-state index contributed by atoms with van der Waals surface area (Å²) in [5, 5.41) is 20.7. The molecule has 2 N–H and O–H groups in total. The van der Waals surface area contributed by atoms with Crippen molar-refractivity contribution in [2.75, 3.05) is 0 Å². The molecule has 4 atom stereocenters. The quantitative estimate of drug-likeness (QED) is 0.306. The third kappa shape index (κ3) is 7.20. The molecule has 0 amide bonds. The fourth-order valence-electron chi connectivity index (χ4n) is 3.86. The van der Waals surface area contributed by atoms with Crippen LogP contribution in [0.2, 0.25) is 0 Å². The fraction of sp³-hybridized carbons (Fsp3) is 0.565. The van der Waals surface area contributed by atoms with E-state index in [1.165, 1.54) is 0 Å². The summed E-state index contributed by atoms with van der Waals surface area (Å²) in [4.78, 5) is 12.3. The van der Waals surface area contributed by atoms with E-state index in [0.29, 0.717) is 6.42 Å². The van der Waals surface area contributed by atoms with Crippen LogP contribution in [0.25, 0.3) is 0 Å². The number of allylic oxidation sites excluding steroid dienone is 2. The van der Waals surface area contributed by atoms with Crippen LogP contribution in [0.5, 0.6) is 0 Å². The Balaban J connectivity index is 0.00000364. The van der Waals surface area contributed by atoms with E-state index in [-0.39, 0.29) is 56.7 Å². The molecule has 0 heterocycles. The molecular weight excluding hydrogens is 413 g/mol. The van der Waals surface area contributed by atoms with Gasteiger partial charge in [0.25, 0.3) is 0 Å². The van der Waals surface area contributed by atoms with Crippen molar-refractivity contribution >= 4 is 5.78 Å². The Morgan fingerprint density at radius 3 is 2.56 bits per heavy atom. The van der Waals surface area contributed by atoms with Gasteiger partial charge in [0, 0.05) is 51.0 Å². The maximum Gasteiger partial charge on any atom is 0.139 e. The molecule has 0 spiro atoms. The van der Waals surface area contributed by atoms with Crippen LogP contribution in [0.3, 0.4) is 0 Å². The molecule has 27 heavy (non-hydrogen) atoms. The van der Waals surface area contributed by atoms with Gasteiger partial charge in [0.1, 0.15) is 5.78 Å². The number of hydrogen-bond donors (Lipinski definition) is 2. The molecule has 1 saturated carbocycles. The van der Waals surface area contributed by atoms with Crippen LogP contribution in [0.15, 0.2) is 36.4 Å². The summed E-state index contributed by atoms with van der Waals surface area (Å²) in [5.74, 6) is -0.171. The molecule has 0 aliphatic heterocycles. The van der Waals surface area contributed by atoms with Gasteiger partial charge in [-0.2, -0.15) is 6.42 Å². The second-order valence-electron chi connectivity index (χ2n) is 7.40. The van der Waals surface area contributed by atoms with Gasteiger partial charge < -0.3 is 17.1 Å². The van der Waals surface area contributed by atoms with E-state index in [1.807, 2.05) is 30.3 Å². The first-order valence-electron chi connectivity index (χ1n) is 10.0. The molecule has 1 radical (unpaired) electrons. The summed E-state index contributed by atoms with van der Waals surface area (Å²) in [5.41, 5.74) is 1.90. The van der Waals surface area contributed by atoms with E-state index in [4.69, 9.17) is 0 Å². The van der Waals surface area contributed by atoms with Crippen molar-refractivity contribution in [2.45, 2.75) is 76.4 Å². The predicted octanol–water partition coefficient (Wildman–Crippen LogP) is 4.89. The average molecular weight is 446 g/mol. The van der Waals surface area contributed by atoms with Crippen molar-refractivity contribution in [3.8, 4) is 0 Å². The SMILES string of the molecule is [CH2-]CCC=CC[C@H]1C(=O)C[C@@H](O)[C@@H]1c1ccc(C(O)CCCCC)cc1.[Y]. The smallest absolute Gasteiger partial charge is 0.139 e. The average Bonchev–Trinajstić information content (AvgIpc) is 2.92. The Morgan fingerprint density at radius 2 is 1.93 bits per heavy atom. The Morgan fingerprint density at radius 1 is 1.22 bits per heavy atom. The van der Waals surface area contributed by atoms with Gasteiger partial charge in [-0.1, -0.05) is 69.0 Å². The molecule has 1 aliphatic rings. The maximum absolute atomic E-state index is 12.3. The van der Waals surface area contributed by atoms with Gasteiger partial charge in [-0.05, 0) is 24.0 Å². The van der Waals surface area contributed by atoms with Gasteiger partial charge in [0.2, 0.25) is 0 Å². The van der Waals surface area contributed by atoms with Gasteiger partial charge >= 0.3 is 0 Å². The number of ketones is 1. The first-order valence-corrected chi connectivity index (χ1v) is 10.0. The zero-order valence-corrected chi connectivity index (χ0v) is 19.4.